The standard InChI is InChI=1S/C21H20Cl2FN5O/c1-13-19(21(30)27-28-10-8-25-9-11-28)26-20(17-7-4-15(24)12-18(17)23)29(13)16-5-2-14(22)3-6-16/h2-7,12,25H,8-11H2,1H3,(H,27,30). The van der Waals surface area contributed by atoms with Gasteiger partial charge in [0.15, 0.2) is 5.69 Å². The van der Waals surface area contributed by atoms with Crippen LogP contribution >= 0.6 is 23.2 Å². The quantitative estimate of drug-likeness (QED) is 0.637. The first kappa shape index (κ1) is 20.8. The molecule has 0 unspecified atom stereocenters. The van der Waals surface area contributed by atoms with Crippen LogP contribution in [0.25, 0.3) is 17.1 Å². The van der Waals surface area contributed by atoms with E-state index in [4.69, 9.17) is 23.2 Å². The number of hydrazine groups is 1. The highest BCUT2D eigenvalue weighted by molar-refractivity contribution is 6.33. The fourth-order valence-corrected chi connectivity index (χ4v) is 3.83. The first-order chi connectivity index (χ1) is 14.4. The summed E-state index contributed by atoms with van der Waals surface area (Å²) in [7, 11) is 0. The molecule has 4 rings (SSSR count). The summed E-state index contributed by atoms with van der Waals surface area (Å²) in [5, 5.41) is 5.91. The zero-order chi connectivity index (χ0) is 21.3. The number of aromatic nitrogens is 2. The van der Waals surface area contributed by atoms with Crippen LogP contribution in [0.2, 0.25) is 10.0 Å². The van der Waals surface area contributed by atoms with Crippen molar-refractivity contribution in [2.24, 2.45) is 0 Å². The largest absolute Gasteiger partial charge is 0.314 e. The molecule has 2 N–H and O–H groups in total. The summed E-state index contributed by atoms with van der Waals surface area (Å²) >= 11 is 12.4. The molecule has 1 saturated heterocycles. The summed E-state index contributed by atoms with van der Waals surface area (Å²) in [6, 6.07) is 11.3. The van der Waals surface area contributed by atoms with Crippen LogP contribution in [-0.2, 0) is 0 Å². The van der Waals surface area contributed by atoms with Crippen LogP contribution in [0.1, 0.15) is 16.2 Å². The van der Waals surface area contributed by atoms with Crippen LogP contribution < -0.4 is 10.7 Å². The summed E-state index contributed by atoms with van der Waals surface area (Å²) in [5.74, 6) is -0.298. The number of hydrogen-bond donors (Lipinski definition) is 2. The predicted molar refractivity (Wildman–Crippen MR) is 116 cm³/mol. The van der Waals surface area contributed by atoms with Gasteiger partial charge >= 0.3 is 0 Å². The molecule has 156 valence electrons. The molecule has 3 aromatic rings. The second-order valence-electron chi connectivity index (χ2n) is 6.98. The molecule has 0 atom stereocenters. The maximum Gasteiger partial charge on any atom is 0.286 e. The molecule has 1 aromatic heterocycles. The summed E-state index contributed by atoms with van der Waals surface area (Å²) < 4.78 is 15.4. The number of amides is 1. The van der Waals surface area contributed by atoms with Crippen molar-refractivity contribution in [3.8, 4) is 17.1 Å². The number of carbonyl (C=O) groups excluding carboxylic acids is 1. The van der Waals surface area contributed by atoms with Crippen LogP contribution in [0.15, 0.2) is 42.5 Å². The van der Waals surface area contributed by atoms with Gasteiger partial charge in [-0.3, -0.25) is 14.8 Å². The Balaban J connectivity index is 1.80. The van der Waals surface area contributed by atoms with E-state index in [1.165, 1.54) is 12.1 Å². The van der Waals surface area contributed by atoms with Crippen LogP contribution in [0, 0.1) is 12.7 Å². The molecular formula is C21H20Cl2FN5O. The van der Waals surface area contributed by atoms with Gasteiger partial charge in [0.05, 0.1) is 10.7 Å². The number of nitrogens with one attached hydrogen (secondary N) is 2. The smallest absolute Gasteiger partial charge is 0.286 e. The Bertz CT molecular complexity index is 1080. The molecule has 0 radical (unpaired) electrons. The minimum Gasteiger partial charge on any atom is -0.314 e. The van der Waals surface area contributed by atoms with E-state index in [0.717, 1.165) is 18.8 Å². The Labute approximate surface area is 183 Å². The number of nitrogens with zero attached hydrogens (tertiary/aromatic N) is 3. The summed E-state index contributed by atoms with van der Waals surface area (Å²) in [4.78, 5) is 17.6. The number of imidazole rings is 1. The van der Waals surface area contributed by atoms with Gasteiger partial charge in [-0.15, -0.1) is 0 Å². The van der Waals surface area contributed by atoms with Crippen molar-refractivity contribution in [2.45, 2.75) is 6.92 Å². The Morgan fingerprint density at radius 3 is 2.50 bits per heavy atom. The minimum atomic E-state index is -0.443. The molecule has 0 saturated carbocycles. The zero-order valence-corrected chi connectivity index (χ0v) is 17.8. The number of benzene rings is 2. The van der Waals surface area contributed by atoms with Gasteiger partial charge in [-0.2, -0.15) is 0 Å². The highest BCUT2D eigenvalue weighted by atomic mass is 35.5. The van der Waals surface area contributed by atoms with E-state index in [1.807, 2.05) is 28.6 Å². The number of halogens is 3. The maximum atomic E-state index is 13.6. The summed E-state index contributed by atoms with van der Waals surface area (Å²) in [5.41, 5.74) is 5.12. The van der Waals surface area contributed by atoms with Gasteiger partial charge in [-0.05, 0) is 49.4 Å². The molecule has 1 amide bonds. The lowest BCUT2D eigenvalue weighted by molar-refractivity contribution is 0.0759. The average molecular weight is 448 g/mol. The summed E-state index contributed by atoms with van der Waals surface area (Å²) in [6.07, 6.45) is 0. The third-order valence-electron chi connectivity index (χ3n) is 4.96. The zero-order valence-electron chi connectivity index (χ0n) is 16.3. The van der Waals surface area contributed by atoms with Crippen molar-refractivity contribution in [3.63, 3.8) is 0 Å². The van der Waals surface area contributed by atoms with Crippen LogP contribution in [-0.4, -0.2) is 46.6 Å². The number of hydrogen-bond acceptors (Lipinski definition) is 4. The molecule has 2 aromatic carbocycles. The van der Waals surface area contributed by atoms with E-state index >= 15 is 0 Å². The minimum absolute atomic E-state index is 0.212. The van der Waals surface area contributed by atoms with Gasteiger partial charge in [0.1, 0.15) is 11.6 Å². The molecule has 0 aliphatic carbocycles. The van der Waals surface area contributed by atoms with Crippen molar-refractivity contribution < 1.29 is 9.18 Å². The maximum absolute atomic E-state index is 13.6. The number of rotatable bonds is 4. The Hall–Kier alpha value is -2.45. The first-order valence-corrected chi connectivity index (χ1v) is 10.3. The van der Waals surface area contributed by atoms with Gasteiger partial charge < -0.3 is 5.32 Å². The van der Waals surface area contributed by atoms with E-state index < -0.39 is 5.82 Å². The van der Waals surface area contributed by atoms with Crippen molar-refractivity contribution >= 4 is 29.1 Å². The fraction of sp³-hybridized carbons (Fsp3) is 0.238. The lowest BCUT2D eigenvalue weighted by atomic mass is 10.2. The molecule has 1 aliphatic heterocycles. The summed E-state index contributed by atoms with van der Waals surface area (Å²) in [6.45, 7) is 4.83. The molecule has 1 aliphatic rings. The van der Waals surface area contributed by atoms with Gasteiger partial charge in [-0.1, -0.05) is 23.2 Å². The van der Waals surface area contributed by atoms with Crippen LogP contribution in [0.4, 0.5) is 4.39 Å². The van der Waals surface area contributed by atoms with Gasteiger partial charge in [-0.25, -0.2) is 14.4 Å². The molecule has 0 bridgehead atoms. The van der Waals surface area contributed by atoms with Crippen molar-refractivity contribution in [1.29, 1.82) is 0 Å². The molecule has 2 heterocycles. The molecule has 0 spiro atoms. The Kier molecular flexibility index (Phi) is 6.06. The Morgan fingerprint density at radius 2 is 1.83 bits per heavy atom. The van der Waals surface area contributed by atoms with Gasteiger partial charge in [0.2, 0.25) is 0 Å². The highest BCUT2D eigenvalue weighted by Crippen LogP contribution is 2.32. The van der Waals surface area contributed by atoms with Crippen molar-refractivity contribution in [3.05, 3.63) is 69.7 Å². The Morgan fingerprint density at radius 1 is 1.13 bits per heavy atom. The van der Waals surface area contributed by atoms with E-state index in [-0.39, 0.29) is 16.6 Å². The number of carbonyl (C=O) groups is 1. The SMILES string of the molecule is Cc1c(C(=O)NN2CCNCC2)nc(-c2ccc(F)cc2Cl)n1-c1ccc(Cl)cc1. The van der Waals surface area contributed by atoms with E-state index in [2.05, 4.69) is 15.7 Å². The lowest BCUT2D eigenvalue weighted by Gasteiger charge is -2.27. The van der Waals surface area contributed by atoms with Crippen LogP contribution in [0.5, 0.6) is 0 Å². The van der Waals surface area contributed by atoms with Gasteiger partial charge in [0, 0.05) is 42.5 Å². The van der Waals surface area contributed by atoms with E-state index in [9.17, 15) is 9.18 Å². The third-order valence-corrected chi connectivity index (χ3v) is 5.52. The van der Waals surface area contributed by atoms with Gasteiger partial charge in [0.25, 0.3) is 5.91 Å². The van der Waals surface area contributed by atoms with Crippen LogP contribution in [0.3, 0.4) is 0 Å². The molecular weight excluding hydrogens is 428 g/mol. The van der Waals surface area contributed by atoms with Crippen molar-refractivity contribution in [1.82, 2.24) is 25.3 Å². The molecule has 9 heteroatoms. The second kappa shape index (κ2) is 8.73. The van der Waals surface area contributed by atoms with E-state index in [1.54, 1.807) is 18.2 Å². The average Bonchev–Trinajstić information content (AvgIpc) is 3.06. The predicted octanol–water partition coefficient (Wildman–Crippen LogP) is 3.84. The molecule has 6 nitrogen and oxygen atoms in total. The third kappa shape index (κ3) is 4.20. The molecule has 30 heavy (non-hydrogen) atoms. The number of piperazine rings is 1. The van der Waals surface area contributed by atoms with Crippen molar-refractivity contribution in [2.75, 3.05) is 26.2 Å². The fourth-order valence-electron chi connectivity index (χ4n) is 3.45. The second-order valence-corrected chi connectivity index (χ2v) is 7.83. The highest BCUT2D eigenvalue weighted by Gasteiger charge is 2.24. The normalized spacial score (nSPS) is 14.7. The lowest BCUT2D eigenvalue weighted by Crippen LogP contribution is -2.52. The van der Waals surface area contributed by atoms with E-state index in [0.29, 0.717) is 35.2 Å². The molecule has 1 fully saturated rings. The topological polar surface area (TPSA) is 62.2 Å². The monoisotopic (exact) mass is 447 g/mol. The first-order valence-electron chi connectivity index (χ1n) is 9.51.